The zero-order chi connectivity index (χ0) is 21.6. The summed E-state index contributed by atoms with van der Waals surface area (Å²) in [4.78, 5) is 18.5. The molecule has 1 aliphatic rings. The molecule has 1 fully saturated rings. The van der Waals surface area contributed by atoms with Crippen molar-refractivity contribution in [1.82, 2.24) is 25.2 Å². The van der Waals surface area contributed by atoms with E-state index in [4.69, 9.17) is 25.6 Å². The van der Waals surface area contributed by atoms with Gasteiger partial charge in [-0.25, -0.2) is 0 Å². The van der Waals surface area contributed by atoms with Crippen LogP contribution in [0.3, 0.4) is 0 Å². The Morgan fingerprint density at radius 1 is 1.35 bits per heavy atom. The molecule has 0 unspecified atom stereocenters. The van der Waals surface area contributed by atoms with Crippen LogP contribution < -0.4 is 4.74 Å². The summed E-state index contributed by atoms with van der Waals surface area (Å²) in [7, 11) is 0. The van der Waals surface area contributed by atoms with E-state index in [0.29, 0.717) is 68.1 Å². The quantitative estimate of drug-likeness (QED) is 0.568. The highest BCUT2D eigenvalue weighted by atomic mass is 35.5. The van der Waals surface area contributed by atoms with Crippen molar-refractivity contribution in [2.24, 2.45) is 0 Å². The van der Waals surface area contributed by atoms with Crippen LogP contribution in [0.2, 0.25) is 5.02 Å². The molecular formula is C21H24ClN5O4. The lowest BCUT2D eigenvalue weighted by Crippen LogP contribution is -2.42. The Morgan fingerprint density at radius 2 is 2.23 bits per heavy atom. The third kappa shape index (κ3) is 5.62. The Balaban J connectivity index is 1.27. The van der Waals surface area contributed by atoms with Gasteiger partial charge in [-0.2, -0.15) is 10.1 Å². The minimum atomic E-state index is -0.266. The third-order valence-electron chi connectivity index (χ3n) is 4.99. The van der Waals surface area contributed by atoms with Gasteiger partial charge in [0.1, 0.15) is 11.9 Å². The lowest BCUT2D eigenvalue weighted by Gasteiger charge is -2.32. The fourth-order valence-electron chi connectivity index (χ4n) is 3.37. The summed E-state index contributed by atoms with van der Waals surface area (Å²) in [5.41, 5.74) is 1.71. The number of H-pyrrole nitrogens is 1. The highest BCUT2D eigenvalue weighted by molar-refractivity contribution is 6.32. The molecule has 1 amide bonds. The van der Waals surface area contributed by atoms with E-state index in [1.807, 2.05) is 24.3 Å². The van der Waals surface area contributed by atoms with Crippen LogP contribution in [-0.2, 0) is 22.4 Å². The molecule has 9 nitrogen and oxygen atoms in total. The smallest absolute Gasteiger partial charge is 0.227 e. The van der Waals surface area contributed by atoms with Crippen molar-refractivity contribution in [2.75, 3.05) is 26.3 Å². The number of aryl methyl sites for hydroxylation is 2. The Bertz CT molecular complexity index is 1020. The number of nitrogens with zero attached hydrogens (tertiary/aromatic N) is 4. The number of hydrogen-bond acceptors (Lipinski definition) is 7. The van der Waals surface area contributed by atoms with Crippen LogP contribution in [0.1, 0.15) is 35.6 Å². The number of carbonyl (C=O) groups is 1. The molecule has 3 heterocycles. The predicted octanol–water partition coefficient (Wildman–Crippen LogP) is 2.91. The molecule has 164 valence electrons. The first-order valence-electron chi connectivity index (χ1n) is 10.2. The number of halogens is 1. The first-order valence-corrected chi connectivity index (χ1v) is 10.6. The molecule has 0 radical (unpaired) electrons. The summed E-state index contributed by atoms with van der Waals surface area (Å²) >= 11 is 6.10. The number of para-hydroxylation sites is 1. The van der Waals surface area contributed by atoms with E-state index in [2.05, 4.69) is 20.3 Å². The number of nitrogens with one attached hydrogen (secondary N) is 1. The van der Waals surface area contributed by atoms with Crippen LogP contribution in [0.4, 0.5) is 0 Å². The molecule has 0 spiro atoms. The van der Waals surface area contributed by atoms with Gasteiger partial charge in [-0.05, 0) is 25.1 Å². The molecule has 4 rings (SSSR count). The molecule has 31 heavy (non-hydrogen) atoms. The van der Waals surface area contributed by atoms with Crippen LogP contribution in [-0.4, -0.2) is 57.4 Å². The number of amides is 1. The highest BCUT2D eigenvalue weighted by Gasteiger charge is 2.27. The fraction of sp³-hybridized carbons (Fsp3) is 0.429. The molecule has 0 saturated carbocycles. The fourth-order valence-corrected chi connectivity index (χ4v) is 3.56. The van der Waals surface area contributed by atoms with E-state index >= 15 is 0 Å². The number of aromatic nitrogens is 4. The largest absolute Gasteiger partial charge is 0.492 e. The summed E-state index contributed by atoms with van der Waals surface area (Å²) in [6.45, 7) is 3.70. The average Bonchev–Trinajstić information content (AvgIpc) is 3.42. The van der Waals surface area contributed by atoms with Crippen molar-refractivity contribution in [3.63, 3.8) is 0 Å². The van der Waals surface area contributed by atoms with E-state index in [0.717, 1.165) is 11.4 Å². The van der Waals surface area contributed by atoms with Crippen molar-refractivity contribution in [3.8, 4) is 5.75 Å². The zero-order valence-electron chi connectivity index (χ0n) is 17.2. The minimum absolute atomic E-state index is 0.0352. The summed E-state index contributed by atoms with van der Waals surface area (Å²) in [6, 6.07) is 9.33. The maximum atomic E-state index is 12.6. The number of carbonyl (C=O) groups excluding carboxylic acids is 1. The summed E-state index contributed by atoms with van der Waals surface area (Å²) in [5.74, 6) is 1.74. The molecular weight excluding hydrogens is 422 g/mol. The van der Waals surface area contributed by atoms with Crippen molar-refractivity contribution >= 4 is 17.5 Å². The first-order chi connectivity index (χ1) is 15.1. The second kappa shape index (κ2) is 9.93. The molecule has 2 aromatic heterocycles. The van der Waals surface area contributed by atoms with Crippen LogP contribution >= 0.6 is 11.6 Å². The normalized spacial score (nSPS) is 16.5. The number of benzene rings is 1. The molecule has 1 saturated heterocycles. The SMILES string of the molecule is Cc1noc(CCC(=O)N2CCO[C@H](c3cc(CCOc4ccccc4Cl)[nH]n3)C2)n1. The topological polar surface area (TPSA) is 106 Å². The maximum absolute atomic E-state index is 12.6. The van der Waals surface area contributed by atoms with Gasteiger partial charge in [0.15, 0.2) is 5.82 Å². The average molecular weight is 446 g/mol. The number of hydrogen-bond donors (Lipinski definition) is 1. The second-order valence-electron chi connectivity index (χ2n) is 7.28. The summed E-state index contributed by atoms with van der Waals surface area (Å²) < 4.78 is 16.6. The number of ether oxygens (including phenoxy) is 2. The van der Waals surface area contributed by atoms with Gasteiger partial charge in [0.05, 0.1) is 30.5 Å². The van der Waals surface area contributed by atoms with Gasteiger partial charge in [0, 0.05) is 31.5 Å². The Labute approximate surface area is 184 Å². The van der Waals surface area contributed by atoms with Crippen LogP contribution in [0, 0.1) is 6.92 Å². The lowest BCUT2D eigenvalue weighted by molar-refractivity contribution is -0.139. The van der Waals surface area contributed by atoms with E-state index in [-0.39, 0.29) is 12.0 Å². The van der Waals surface area contributed by atoms with Gasteiger partial charge in [0.2, 0.25) is 11.8 Å². The van der Waals surface area contributed by atoms with E-state index in [9.17, 15) is 4.79 Å². The van der Waals surface area contributed by atoms with Gasteiger partial charge >= 0.3 is 0 Å². The molecule has 1 N–H and O–H groups in total. The Hall–Kier alpha value is -2.91. The van der Waals surface area contributed by atoms with E-state index in [1.54, 1.807) is 17.9 Å². The summed E-state index contributed by atoms with van der Waals surface area (Å²) in [5, 5.41) is 11.7. The maximum Gasteiger partial charge on any atom is 0.227 e. The van der Waals surface area contributed by atoms with Gasteiger partial charge < -0.3 is 18.9 Å². The first kappa shape index (κ1) is 21.3. The summed E-state index contributed by atoms with van der Waals surface area (Å²) in [6.07, 6.45) is 1.13. The predicted molar refractivity (Wildman–Crippen MR) is 112 cm³/mol. The van der Waals surface area contributed by atoms with Crippen molar-refractivity contribution < 1.29 is 18.8 Å². The van der Waals surface area contributed by atoms with Gasteiger partial charge in [-0.15, -0.1) is 0 Å². The molecule has 0 aliphatic carbocycles. The Kier molecular flexibility index (Phi) is 6.83. The van der Waals surface area contributed by atoms with Crippen LogP contribution in [0.5, 0.6) is 5.75 Å². The minimum Gasteiger partial charge on any atom is -0.492 e. The number of rotatable bonds is 8. The second-order valence-corrected chi connectivity index (χ2v) is 7.69. The van der Waals surface area contributed by atoms with Crippen LogP contribution in [0.25, 0.3) is 0 Å². The van der Waals surface area contributed by atoms with E-state index in [1.165, 1.54) is 0 Å². The van der Waals surface area contributed by atoms with Crippen molar-refractivity contribution in [3.05, 3.63) is 58.5 Å². The molecule has 1 aliphatic heterocycles. The monoisotopic (exact) mass is 445 g/mol. The number of aromatic amines is 1. The van der Waals surface area contributed by atoms with Gasteiger partial charge in [-0.1, -0.05) is 28.9 Å². The molecule has 1 atom stereocenters. The van der Waals surface area contributed by atoms with E-state index < -0.39 is 0 Å². The lowest BCUT2D eigenvalue weighted by atomic mass is 10.1. The van der Waals surface area contributed by atoms with Crippen LogP contribution in [0.15, 0.2) is 34.9 Å². The number of morpholine rings is 1. The molecule has 1 aromatic carbocycles. The highest BCUT2D eigenvalue weighted by Crippen LogP contribution is 2.24. The standard InChI is InChI=1S/C21H24ClN5O4/c1-14-23-20(31-26-14)6-7-21(28)27-9-11-30-19(13-27)17-12-15(24-25-17)8-10-29-18-5-3-2-4-16(18)22/h2-5,12,19H,6-11,13H2,1H3,(H,24,25)/t19-/m0/s1. The molecule has 0 bridgehead atoms. The van der Waals surface area contributed by atoms with Gasteiger partial charge in [0.25, 0.3) is 0 Å². The Morgan fingerprint density at radius 3 is 3.03 bits per heavy atom. The third-order valence-corrected chi connectivity index (χ3v) is 5.30. The zero-order valence-corrected chi connectivity index (χ0v) is 18.0. The van der Waals surface area contributed by atoms with Gasteiger partial charge in [-0.3, -0.25) is 9.89 Å². The van der Waals surface area contributed by atoms with Crippen molar-refractivity contribution in [1.29, 1.82) is 0 Å². The molecule has 3 aromatic rings. The van der Waals surface area contributed by atoms with Crippen molar-refractivity contribution in [2.45, 2.75) is 32.3 Å². The molecule has 10 heteroatoms.